The number of halogens is 4. The van der Waals surface area contributed by atoms with Crippen LogP contribution in [0.5, 0.6) is 0 Å². The average Bonchev–Trinajstić information content (AvgIpc) is 2.17. The molecule has 0 aromatic rings. The second kappa shape index (κ2) is 3.65. The summed E-state index contributed by atoms with van der Waals surface area (Å²) < 4.78 is 50.4. The number of hydrogen-bond donors (Lipinski definition) is 1. The van der Waals surface area contributed by atoms with E-state index < -0.39 is 24.9 Å². The van der Waals surface area contributed by atoms with E-state index in [0.29, 0.717) is 12.2 Å². The Kier molecular flexibility index (Phi) is 3.12. The number of hydrogen-bond acceptors (Lipinski definition) is 2. The van der Waals surface area contributed by atoms with Gasteiger partial charge in [-0.15, -0.1) is 0 Å². The third-order valence-corrected chi connectivity index (χ3v) is 2.33. The molecule has 1 saturated heterocycles. The van der Waals surface area contributed by atoms with Crippen LogP contribution in [0.15, 0.2) is 0 Å². The molecule has 78 valence electrons. The monoisotopic (exact) mass is 217 g/mol. The van der Waals surface area contributed by atoms with Gasteiger partial charge in [0, 0.05) is 0 Å². The summed E-state index contributed by atoms with van der Waals surface area (Å²) in [5.41, 5.74) is 0. The first-order valence-electron chi connectivity index (χ1n) is 3.98. The topological polar surface area (TPSA) is 3.24 Å². The Hall–Kier alpha value is 0.0300. The molecule has 0 aromatic heterocycles. The number of rotatable bonds is 3. The van der Waals surface area contributed by atoms with Crippen LogP contribution in [-0.4, -0.2) is 42.1 Å². The lowest BCUT2D eigenvalue weighted by atomic mass is 10.2. The van der Waals surface area contributed by atoms with Crippen LogP contribution in [0, 0.1) is 0 Å². The molecule has 0 spiro atoms. The van der Waals surface area contributed by atoms with Gasteiger partial charge in [-0.3, -0.25) is 4.90 Å². The van der Waals surface area contributed by atoms with Gasteiger partial charge in [0.1, 0.15) is 0 Å². The SMILES string of the molecule is FC1(F)CN(CCCS)CC1(F)F. The minimum atomic E-state index is -3.87. The average molecular weight is 217 g/mol. The van der Waals surface area contributed by atoms with E-state index in [9.17, 15) is 17.6 Å². The molecule has 0 N–H and O–H groups in total. The first-order chi connectivity index (χ1) is 5.89. The van der Waals surface area contributed by atoms with Gasteiger partial charge in [-0.25, -0.2) is 0 Å². The van der Waals surface area contributed by atoms with E-state index >= 15 is 0 Å². The lowest BCUT2D eigenvalue weighted by molar-refractivity contribution is -0.172. The highest BCUT2D eigenvalue weighted by molar-refractivity contribution is 7.80. The molecule has 1 aliphatic heterocycles. The molecule has 1 rings (SSSR count). The summed E-state index contributed by atoms with van der Waals surface area (Å²) >= 11 is 3.88. The van der Waals surface area contributed by atoms with E-state index in [1.54, 1.807) is 0 Å². The molecule has 1 heterocycles. The van der Waals surface area contributed by atoms with Crippen molar-refractivity contribution in [3.05, 3.63) is 0 Å². The molecule has 0 aliphatic carbocycles. The van der Waals surface area contributed by atoms with Crippen LogP contribution in [0.3, 0.4) is 0 Å². The maximum Gasteiger partial charge on any atom is 0.323 e. The Bertz CT molecular complexity index is 169. The molecule has 0 amide bonds. The largest absolute Gasteiger partial charge is 0.323 e. The first kappa shape index (κ1) is 11.1. The summed E-state index contributed by atoms with van der Waals surface area (Å²) in [6.45, 7) is -1.42. The van der Waals surface area contributed by atoms with Crippen molar-refractivity contribution in [2.45, 2.75) is 18.3 Å². The molecule has 13 heavy (non-hydrogen) atoms. The third-order valence-electron chi connectivity index (χ3n) is 2.01. The van der Waals surface area contributed by atoms with Crippen LogP contribution in [0.4, 0.5) is 17.6 Å². The van der Waals surface area contributed by atoms with Crippen molar-refractivity contribution in [1.29, 1.82) is 0 Å². The summed E-state index contributed by atoms with van der Waals surface area (Å²) in [5.74, 6) is -7.22. The van der Waals surface area contributed by atoms with Gasteiger partial charge >= 0.3 is 11.8 Å². The second-order valence-corrected chi connectivity index (χ2v) is 3.64. The Morgan fingerprint density at radius 2 is 1.54 bits per heavy atom. The van der Waals surface area contributed by atoms with Crippen LogP contribution in [0.2, 0.25) is 0 Å². The van der Waals surface area contributed by atoms with E-state index in [4.69, 9.17) is 0 Å². The van der Waals surface area contributed by atoms with Crippen molar-refractivity contribution >= 4 is 12.6 Å². The molecule has 0 saturated carbocycles. The lowest BCUT2D eigenvalue weighted by Gasteiger charge is -2.15. The normalized spacial score (nSPS) is 26.5. The Balaban J connectivity index is 2.50. The molecule has 1 nitrogen and oxygen atoms in total. The fourth-order valence-electron chi connectivity index (χ4n) is 1.30. The fourth-order valence-corrected chi connectivity index (χ4v) is 1.44. The first-order valence-corrected chi connectivity index (χ1v) is 4.61. The number of nitrogens with zero attached hydrogens (tertiary/aromatic N) is 1. The van der Waals surface area contributed by atoms with E-state index in [-0.39, 0.29) is 6.54 Å². The van der Waals surface area contributed by atoms with Gasteiger partial charge in [-0.05, 0) is 18.7 Å². The quantitative estimate of drug-likeness (QED) is 0.558. The molecule has 0 unspecified atom stereocenters. The van der Waals surface area contributed by atoms with E-state index in [1.165, 1.54) is 0 Å². The summed E-state index contributed by atoms with van der Waals surface area (Å²) in [6, 6.07) is 0. The zero-order valence-electron chi connectivity index (χ0n) is 6.94. The highest BCUT2D eigenvalue weighted by Crippen LogP contribution is 2.40. The smallest absolute Gasteiger partial charge is 0.291 e. The van der Waals surface area contributed by atoms with Crippen molar-refractivity contribution in [3.63, 3.8) is 0 Å². The number of alkyl halides is 4. The van der Waals surface area contributed by atoms with Crippen molar-refractivity contribution in [1.82, 2.24) is 4.90 Å². The summed E-state index contributed by atoms with van der Waals surface area (Å²) in [6.07, 6.45) is 0.551. The fraction of sp³-hybridized carbons (Fsp3) is 1.00. The maximum atomic E-state index is 12.6. The van der Waals surface area contributed by atoms with Crippen LogP contribution in [0.25, 0.3) is 0 Å². The predicted octanol–water partition coefficient (Wildman–Crippen LogP) is 1.89. The highest BCUT2D eigenvalue weighted by Gasteiger charge is 2.62. The van der Waals surface area contributed by atoms with Crippen LogP contribution >= 0.6 is 12.6 Å². The molecule has 0 radical (unpaired) electrons. The molecule has 1 fully saturated rings. The van der Waals surface area contributed by atoms with Gasteiger partial charge < -0.3 is 0 Å². The van der Waals surface area contributed by atoms with Crippen molar-refractivity contribution in [3.8, 4) is 0 Å². The summed E-state index contributed by atoms with van der Waals surface area (Å²) in [7, 11) is 0. The number of thiol groups is 1. The van der Waals surface area contributed by atoms with Crippen molar-refractivity contribution in [2.24, 2.45) is 0 Å². The highest BCUT2D eigenvalue weighted by atomic mass is 32.1. The minimum absolute atomic E-state index is 0.259. The molecule has 1 aliphatic rings. The molecule has 0 aromatic carbocycles. The van der Waals surface area contributed by atoms with E-state index in [0.717, 1.165) is 4.90 Å². The van der Waals surface area contributed by atoms with Crippen LogP contribution in [-0.2, 0) is 0 Å². The zero-order valence-corrected chi connectivity index (χ0v) is 7.84. The van der Waals surface area contributed by atoms with E-state index in [1.807, 2.05) is 0 Å². The molecular formula is C7H11F4NS. The predicted molar refractivity (Wildman–Crippen MR) is 44.8 cm³/mol. The van der Waals surface area contributed by atoms with Gasteiger partial charge in [0.15, 0.2) is 0 Å². The standard InChI is InChI=1S/C7H11F4NS/c8-6(9)4-12(2-1-3-13)5-7(6,10)11/h13H,1-5H2. The van der Waals surface area contributed by atoms with Gasteiger partial charge in [0.25, 0.3) is 0 Å². The molecular weight excluding hydrogens is 206 g/mol. The summed E-state index contributed by atoms with van der Waals surface area (Å²) in [5, 5.41) is 0. The van der Waals surface area contributed by atoms with E-state index in [2.05, 4.69) is 12.6 Å². The Morgan fingerprint density at radius 1 is 1.08 bits per heavy atom. The third kappa shape index (κ3) is 2.28. The molecule has 6 heteroatoms. The van der Waals surface area contributed by atoms with Gasteiger partial charge in [0.2, 0.25) is 0 Å². The van der Waals surface area contributed by atoms with Crippen LogP contribution in [0.1, 0.15) is 6.42 Å². The van der Waals surface area contributed by atoms with Crippen molar-refractivity contribution in [2.75, 3.05) is 25.4 Å². The minimum Gasteiger partial charge on any atom is -0.291 e. The summed E-state index contributed by atoms with van der Waals surface area (Å²) in [4.78, 5) is 1.08. The maximum absolute atomic E-state index is 12.6. The Morgan fingerprint density at radius 3 is 1.92 bits per heavy atom. The van der Waals surface area contributed by atoms with Crippen molar-refractivity contribution < 1.29 is 17.6 Å². The van der Waals surface area contributed by atoms with Crippen LogP contribution < -0.4 is 0 Å². The molecule has 0 bridgehead atoms. The number of likely N-dealkylation sites (tertiary alicyclic amines) is 1. The van der Waals surface area contributed by atoms with Gasteiger partial charge in [-0.2, -0.15) is 30.2 Å². The zero-order chi connectivity index (χ0) is 10.1. The van der Waals surface area contributed by atoms with Gasteiger partial charge in [-0.1, -0.05) is 0 Å². The lowest BCUT2D eigenvalue weighted by Crippen LogP contribution is -2.38. The second-order valence-electron chi connectivity index (χ2n) is 3.20. The Labute approximate surface area is 79.5 Å². The molecule has 0 atom stereocenters. The van der Waals surface area contributed by atoms with Gasteiger partial charge in [0.05, 0.1) is 13.1 Å².